The normalized spacial score (nSPS) is 10.7. The van der Waals surface area contributed by atoms with Crippen LogP contribution in [0.3, 0.4) is 0 Å². The fraction of sp³-hybridized carbons (Fsp3) is 0.286. The fourth-order valence-corrected chi connectivity index (χ4v) is 2.32. The van der Waals surface area contributed by atoms with Crippen LogP contribution in [0.25, 0.3) is 5.69 Å². The molecule has 0 amide bonds. The number of nitrogen functional groups attached to an aromatic ring is 1. The molecule has 0 saturated carbocycles. The molecule has 19 heavy (non-hydrogen) atoms. The largest absolute Gasteiger partial charge is 0.398 e. The molecule has 5 heteroatoms. The van der Waals surface area contributed by atoms with Crippen LogP contribution in [0, 0.1) is 6.92 Å². The van der Waals surface area contributed by atoms with E-state index in [1.807, 2.05) is 32.0 Å². The van der Waals surface area contributed by atoms with Gasteiger partial charge in [0.05, 0.1) is 23.1 Å². The van der Waals surface area contributed by atoms with E-state index in [1.54, 1.807) is 10.9 Å². The number of rotatable bonds is 4. The molecule has 1 heterocycles. The molecule has 2 N–H and O–H groups in total. The van der Waals surface area contributed by atoms with Crippen molar-refractivity contribution in [1.82, 2.24) is 9.78 Å². The van der Waals surface area contributed by atoms with Crippen LogP contribution in [0.4, 0.5) is 5.69 Å². The van der Waals surface area contributed by atoms with Gasteiger partial charge in [-0.3, -0.25) is 4.79 Å². The summed E-state index contributed by atoms with van der Waals surface area (Å²) in [6, 6.07) is 5.59. The molecule has 0 unspecified atom stereocenters. The van der Waals surface area contributed by atoms with Crippen LogP contribution in [0.1, 0.15) is 35.8 Å². The lowest BCUT2D eigenvalue weighted by Crippen LogP contribution is -2.03. The van der Waals surface area contributed by atoms with Crippen LogP contribution in [0.2, 0.25) is 0 Å². The smallest absolute Gasteiger partial charge is 0.166 e. The maximum absolute atomic E-state index is 11.9. The highest BCUT2D eigenvalue weighted by Crippen LogP contribution is 2.24. The first-order chi connectivity index (χ1) is 9.04. The Labute approximate surface area is 120 Å². The van der Waals surface area contributed by atoms with Crippen molar-refractivity contribution in [2.75, 3.05) is 5.73 Å². The zero-order valence-corrected chi connectivity index (χ0v) is 12.6. The predicted molar refractivity (Wildman–Crippen MR) is 79.7 cm³/mol. The standard InChI is InChI=1S/C14H16BrN3O/c1-3-4-14(19)11-8-17-18(9(11)2)10-5-6-13(16)12(15)7-10/h5-8H,3-4,16H2,1-2H3. The number of aromatic nitrogens is 2. The summed E-state index contributed by atoms with van der Waals surface area (Å²) in [7, 11) is 0. The Hall–Kier alpha value is -1.62. The summed E-state index contributed by atoms with van der Waals surface area (Å²) < 4.78 is 2.58. The van der Waals surface area contributed by atoms with E-state index in [9.17, 15) is 4.79 Å². The van der Waals surface area contributed by atoms with E-state index in [2.05, 4.69) is 21.0 Å². The Morgan fingerprint density at radius 1 is 1.47 bits per heavy atom. The van der Waals surface area contributed by atoms with E-state index in [1.165, 1.54) is 0 Å². The lowest BCUT2D eigenvalue weighted by molar-refractivity contribution is 0.0981. The van der Waals surface area contributed by atoms with E-state index >= 15 is 0 Å². The number of carbonyl (C=O) groups is 1. The minimum absolute atomic E-state index is 0.140. The number of anilines is 1. The average Bonchev–Trinajstić information content (AvgIpc) is 2.75. The molecule has 0 fully saturated rings. The number of nitrogens with zero attached hydrogens (tertiary/aromatic N) is 2. The summed E-state index contributed by atoms with van der Waals surface area (Å²) >= 11 is 3.40. The van der Waals surface area contributed by atoms with E-state index < -0.39 is 0 Å². The van der Waals surface area contributed by atoms with Crippen molar-refractivity contribution in [2.24, 2.45) is 0 Å². The molecule has 1 aromatic heterocycles. The quantitative estimate of drug-likeness (QED) is 0.692. The molecule has 0 spiro atoms. The monoisotopic (exact) mass is 321 g/mol. The molecule has 0 aliphatic carbocycles. The number of halogens is 1. The fourth-order valence-electron chi connectivity index (χ4n) is 1.95. The Balaban J connectivity index is 2.41. The summed E-state index contributed by atoms with van der Waals surface area (Å²) in [4.78, 5) is 11.9. The minimum Gasteiger partial charge on any atom is -0.398 e. The summed E-state index contributed by atoms with van der Waals surface area (Å²) in [5, 5.41) is 4.29. The van der Waals surface area contributed by atoms with Crippen molar-refractivity contribution in [3.05, 3.63) is 40.1 Å². The highest BCUT2D eigenvalue weighted by atomic mass is 79.9. The number of benzene rings is 1. The lowest BCUT2D eigenvalue weighted by atomic mass is 10.1. The molecule has 0 aliphatic heterocycles. The first-order valence-electron chi connectivity index (χ1n) is 6.17. The van der Waals surface area contributed by atoms with Gasteiger partial charge < -0.3 is 5.73 Å². The van der Waals surface area contributed by atoms with E-state index in [4.69, 9.17) is 5.73 Å². The topological polar surface area (TPSA) is 60.9 Å². The molecular formula is C14H16BrN3O. The number of hydrogen-bond donors (Lipinski definition) is 1. The third-order valence-corrected chi connectivity index (χ3v) is 3.70. The molecule has 2 aromatic rings. The van der Waals surface area contributed by atoms with Crippen molar-refractivity contribution in [3.8, 4) is 5.69 Å². The summed E-state index contributed by atoms with van der Waals surface area (Å²) in [5.74, 6) is 0.140. The molecule has 0 saturated heterocycles. The molecular weight excluding hydrogens is 306 g/mol. The van der Waals surface area contributed by atoms with Gasteiger partial charge in [-0.2, -0.15) is 5.10 Å². The molecule has 0 atom stereocenters. The van der Waals surface area contributed by atoms with Gasteiger partial charge >= 0.3 is 0 Å². The van der Waals surface area contributed by atoms with E-state index in [0.717, 1.165) is 22.3 Å². The molecule has 4 nitrogen and oxygen atoms in total. The highest BCUT2D eigenvalue weighted by Gasteiger charge is 2.14. The van der Waals surface area contributed by atoms with Crippen LogP contribution in [-0.2, 0) is 0 Å². The van der Waals surface area contributed by atoms with E-state index in [-0.39, 0.29) is 5.78 Å². The van der Waals surface area contributed by atoms with Crippen molar-refractivity contribution < 1.29 is 4.79 Å². The maximum atomic E-state index is 11.9. The summed E-state index contributed by atoms with van der Waals surface area (Å²) in [6.45, 7) is 3.90. The summed E-state index contributed by atoms with van der Waals surface area (Å²) in [5.41, 5.74) is 8.87. The molecule has 1 aromatic carbocycles. The van der Waals surface area contributed by atoms with Gasteiger partial charge in [-0.25, -0.2) is 4.68 Å². The highest BCUT2D eigenvalue weighted by molar-refractivity contribution is 9.10. The molecule has 0 aliphatic rings. The predicted octanol–water partition coefficient (Wildman–Crippen LogP) is 3.51. The van der Waals surface area contributed by atoms with Gasteiger partial charge in [-0.05, 0) is 47.5 Å². The van der Waals surface area contributed by atoms with Gasteiger partial charge in [0.1, 0.15) is 0 Å². The summed E-state index contributed by atoms with van der Waals surface area (Å²) in [6.07, 6.45) is 3.03. The SMILES string of the molecule is CCCC(=O)c1cnn(-c2ccc(N)c(Br)c2)c1C. The van der Waals surface area contributed by atoms with Gasteiger partial charge in [-0.1, -0.05) is 6.92 Å². The molecule has 100 valence electrons. The van der Waals surface area contributed by atoms with Gasteiger partial charge in [0, 0.05) is 16.6 Å². The molecule has 0 bridgehead atoms. The zero-order chi connectivity index (χ0) is 14.0. The minimum atomic E-state index is 0.140. The Bertz CT molecular complexity index is 619. The van der Waals surface area contributed by atoms with Crippen LogP contribution in [-0.4, -0.2) is 15.6 Å². The van der Waals surface area contributed by atoms with Crippen molar-refractivity contribution in [1.29, 1.82) is 0 Å². The van der Waals surface area contributed by atoms with Crippen molar-refractivity contribution in [3.63, 3.8) is 0 Å². The van der Waals surface area contributed by atoms with Crippen LogP contribution in [0.15, 0.2) is 28.9 Å². The third kappa shape index (κ3) is 2.71. The molecule has 2 rings (SSSR count). The van der Waals surface area contributed by atoms with Gasteiger partial charge in [0.15, 0.2) is 5.78 Å². The number of hydrogen-bond acceptors (Lipinski definition) is 3. The van der Waals surface area contributed by atoms with E-state index in [0.29, 0.717) is 17.7 Å². The Morgan fingerprint density at radius 2 is 2.21 bits per heavy atom. The Morgan fingerprint density at radius 3 is 2.84 bits per heavy atom. The van der Waals surface area contributed by atoms with Crippen LogP contribution >= 0.6 is 15.9 Å². The van der Waals surface area contributed by atoms with Crippen molar-refractivity contribution in [2.45, 2.75) is 26.7 Å². The number of nitrogens with two attached hydrogens (primary N) is 1. The average molecular weight is 322 g/mol. The number of carbonyl (C=O) groups excluding carboxylic acids is 1. The first-order valence-corrected chi connectivity index (χ1v) is 6.97. The lowest BCUT2D eigenvalue weighted by Gasteiger charge is -2.07. The van der Waals surface area contributed by atoms with Crippen LogP contribution in [0.5, 0.6) is 0 Å². The Kier molecular flexibility index (Phi) is 4.04. The van der Waals surface area contributed by atoms with Crippen molar-refractivity contribution >= 4 is 27.4 Å². The molecule has 0 radical (unpaired) electrons. The maximum Gasteiger partial charge on any atom is 0.166 e. The van der Waals surface area contributed by atoms with Gasteiger partial charge in [-0.15, -0.1) is 0 Å². The second-order valence-electron chi connectivity index (χ2n) is 4.43. The van der Waals surface area contributed by atoms with Crippen LogP contribution < -0.4 is 5.73 Å². The van der Waals surface area contributed by atoms with Gasteiger partial charge in [0.25, 0.3) is 0 Å². The number of ketones is 1. The number of Topliss-reactive ketones (excluding diaryl/α,β-unsaturated/α-hetero) is 1. The second-order valence-corrected chi connectivity index (χ2v) is 5.29. The first kappa shape index (κ1) is 13.8. The third-order valence-electron chi connectivity index (χ3n) is 3.02. The van der Waals surface area contributed by atoms with Gasteiger partial charge in [0.2, 0.25) is 0 Å². The zero-order valence-electron chi connectivity index (χ0n) is 11.0. The second kappa shape index (κ2) is 5.57.